The predicted octanol–water partition coefficient (Wildman–Crippen LogP) is 7.15. The molecule has 0 amide bonds. The van der Waals surface area contributed by atoms with Gasteiger partial charge >= 0.3 is 0 Å². The van der Waals surface area contributed by atoms with E-state index in [2.05, 4.69) is 84.7 Å². The highest BCUT2D eigenvalue weighted by atomic mass is 14.9. The summed E-state index contributed by atoms with van der Waals surface area (Å²) in [6.07, 6.45) is 6.69. The first-order valence-electron chi connectivity index (χ1n) is 10.3. The lowest BCUT2D eigenvalue weighted by Crippen LogP contribution is -1.92. The Morgan fingerprint density at radius 2 is 1.50 bits per heavy atom. The number of hydrogen-bond acceptors (Lipinski definition) is 1. The maximum absolute atomic E-state index is 3.46. The van der Waals surface area contributed by atoms with E-state index in [0.717, 1.165) is 42.6 Å². The van der Waals surface area contributed by atoms with E-state index in [-0.39, 0.29) is 0 Å². The van der Waals surface area contributed by atoms with Gasteiger partial charge in [-0.1, -0.05) is 67.6 Å². The van der Waals surface area contributed by atoms with E-state index < -0.39 is 0 Å². The average molecular weight is 368 g/mol. The summed E-state index contributed by atoms with van der Waals surface area (Å²) >= 11 is 0. The van der Waals surface area contributed by atoms with Crippen molar-refractivity contribution >= 4 is 11.4 Å². The highest BCUT2D eigenvalue weighted by Gasteiger charge is 1.98. The minimum atomic E-state index is 0.957. The van der Waals surface area contributed by atoms with Crippen LogP contribution in [0, 0.1) is 11.8 Å². The summed E-state index contributed by atoms with van der Waals surface area (Å²) in [7, 11) is 0. The minimum Gasteiger partial charge on any atom is -0.356 e. The monoisotopic (exact) mass is 367 g/mol. The maximum Gasteiger partial charge on any atom is 0.0386 e. The van der Waals surface area contributed by atoms with Crippen LogP contribution >= 0.6 is 0 Å². The molecule has 0 atom stereocenters. The molecule has 3 aromatic rings. The van der Waals surface area contributed by atoms with Crippen molar-refractivity contribution in [2.24, 2.45) is 0 Å². The van der Waals surface area contributed by atoms with Crippen molar-refractivity contribution in [2.45, 2.75) is 45.4 Å². The van der Waals surface area contributed by atoms with Crippen LogP contribution in [0.1, 0.15) is 49.3 Å². The van der Waals surface area contributed by atoms with Crippen molar-refractivity contribution in [3.8, 4) is 11.8 Å². The Labute approximate surface area is 169 Å². The SMILES string of the molecule is CCCc1ccc(C#CCCCCc2cccc(Nc3ccccc3)c2)cc1. The summed E-state index contributed by atoms with van der Waals surface area (Å²) in [5.74, 6) is 6.61. The van der Waals surface area contributed by atoms with E-state index in [1.807, 2.05) is 18.2 Å². The molecule has 0 aliphatic rings. The summed E-state index contributed by atoms with van der Waals surface area (Å²) < 4.78 is 0. The lowest BCUT2D eigenvalue weighted by molar-refractivity contribution is 0.756. The molecular formula is C27H29N. The second-order valence-corrected chi connectivity index (χ2v) is 7.15. The molecule has 0 unspecified atom stereocenters. The highest BCUT2D eigenvalue weighted by molar-refractivity contribution is 5.60. The van der Waals surface area contributed by atoms with E-state index in [1.165, 1.54) is 24.0 Å². The smallest absolute Gasteiger partial charge is 0.0386 e. The third-order valence-electron chi connectivity index (χ3n) is 4.73. The van der Waals surface area contributed by atoms with Crippen LogP contribution in [0.2, 0.25) is 0 Å². The third kappa shape index (κ3) is 6.63. The molecule has 0 spiro atoms. The number of nitrogens with one attached hydrogen (secondary N) is 1. The Morgan fingerprint density at radius 3 is 2.29 bits per heavy atom. The van der Waals surface area contributed by atoms with E-state index in [9.17, 15) is 0 Å². The molecule has 3 rings (SSSR count). The average Bonchev–Trinajstić information content (AvgIpc) is 2.73. The van der Waals surface area contributed by atoms with Crippen LogP contribution in [-0.4, -0.2) is 0 Å². The van der Waals surface area contributed by atoms with Crippen LogP contribution in [0.25, 0.3) is 0 Å². The van der Waals surface area contributed by atoms with Crippen molar-refractivity contribution in [1.82, 2.24) is 0 Å². The number of unbranched alkanes of at least 4 members (excludes halogenated alkanes) is 2. The van der Waals surface area contributed by atoms with Gasteiger partial charge in [0.05, 0.1) is 0 Å². The van der Waals surface area contributed by atoms with Gasteiger partial charge in [0.15, 0.2) is 0 Å². The fraction of sp³-hybridized carbons (Fsp3) is 0.259. The lowest BCUT2D eigenvalue weighted by Gasteiger charge is -2.08. The van der Waals surface area contributed by atoms with Crippen molar-refractivity contribution in [2.75, 3.05) is 5.32 Å². The molecule has 0 bridgehead atoms. The number of aryl methyl sites for hydroxylation is 2. The molecule has 0 heterocycles. The van der Waals surface area contributed by atoms with Gasteiger partial charge in [0.25, 0.3) is 0 Å². The molecule has 0 saturated heterocycles. The van der Waals surface area contributed by atoms with Gasteiger partial charge in [-0.05, 0) is 73.2 Å². The van der Waals surface area contributed by atoms with Gasteiger partial charge < -0.3 is 5.32 Å². The summed E-state index contributed by atoms with van der Waals surface area (Å²) in [6, 6.07) is 27.7. The van der Waals surface area contributed by atoms with E-state index >= 15 is 0 Å². The van der Waals surface area contributed by atoms with E-state index in [1.54, 1.807) is 0 Å². The standard InChI is InChI=1S/C27H29N/c1-2-11-23-18-20-24(21-19-23)12-6-3-4-7-13-25-14-10-17-27(22-25)28-26-15-8-5-9-16-26/h5,8-10,14-22,28H,2-4,7,11,13H2,1H3. The first kappa shape index (κ1) is 19.8. The molecule has 1 nitrogen and oxygen atoms in total. The van der Waals surface area contributed by atoms with Crippen molar-refractivity contribution in [3.63, 3.8) is 0 Å². The van der Waals surface area contributed by atoms with Crippen LogP contribution in [0.4, 0.5) is 11.4 Å². The molecule has 3 aromatic carbocycles. The van der Waals surface area contributed by atoms with Crippen LogP contribution in [0.5, 0.6) is 0 Å². The zero-order chi connectivity index (χ0) is 19.4. The first-order valence-corrected chi connectivity index (χ1v) is 10.3. The molecule has 0 radical (unpaired) electrons. The molecule has 0 aromatic heterocycles. The molecule has 1 N–H and O–H groups in total. The first-order chi connectivity index (χ1) is 13.8. The lowest BCUT2D eigenvalue weighted by atomic mass is 10.1. The predicted molar refractivity (Wildman–Crippen MR) is 121 cm³/mol. The highest BCUT2D eigenvalue weighted by Crippen LogP contribution is 2.18. The Bertz CT molecular complexity index is 898. The second kappa shape index (κ2) is 11.0. The summed E-state index contributed by atoms with van der Waals surface area (Å²) in [5.41, 5.74) is 6.17. The molecule has 1 heteroatoms. The summed E-state index contributed by atoms with van der Waals surface area (Å²) in [4.78, 5) is 0. The van der Waals surface area contributed by atoms with Gasteiger partial charge in [-0.3, -0.25) is 0 Å². The Kier molecular flexibility index (Phi) is 7.77. The molecule has 0 aliphatic carbocycles. The number of anilines is 2. The zero-order valence-electron chi connectivity index (χ0n) is 16.7. The van der Waals surface area contributed by atoms with Gasteiger partial charge in [-0.15, -0.1) is 0 Å². The zero-order valence-corrected chi connectivity index (χ0v) is 16.7. The van der Waals surface area contributed by atoms with Crippen LogP contribution in [-0.2, 0) is 12.8 Å². The molecule has 0 fully saturated rings. The Hall–Kier alpha value is -2.98. The minimum absolute atomic E-state index is 0.957. The van der Waals surface area contributed by atoms with Gasteiger partial charge in [0.1, 0.15) is 0 Å². The molecule has 142 valence electrons. The van der Waals surface area contributed by atoms with Crippen LogP contribution in [0.15, 0.2) is 78.9 Å². The quantitative estimate of drug-likeness (QED) is 0.329. The summed E-state index contributed by atoms with van der Waals surface area (Å²) in [6.45, 7) is 2.21. The normalized spacial score (nSPS) is 10.2. The van der Waals surface area contributed by atoms with Gasteiger partial charge in [0.2, 0.25) is 0 Å². The third-order valence-corrected chi connectivity index (χ3v) is 4.73. The van der Waals surface area contributed by atoms with Crippen LogP contribution in [0.3, 0.4) is 0 Å². The van der Waals surface area contributed by atoms with Crippen molar-refractivity contribution in [3.05, 3.63) is 95.6 Å². The fourth-order valence-electron chi connectivity index (χ4n) is 3.24. The Morgan fingerprint density at radius 1 is 0.714 bits per heavy atom. The fourth-order valence-corrected chi connectivity index (χ4v) is 3.24. The molecule has 0 aliphatic heterocycles. The molecule has 28 heavy (non-hydrogen) atoms. The topological polar surface area (TPSA) is 12.0 Å². The van der Waals surface area contributed by atoms with E-state index in [4.69, 9.17) is 0 Å². The Balaban J connectivity index is 1.41. The number of para-hydroxylation sites is 1. The molecular weight excluding hydrogens is 338 g/mol. The largest absolute Gasteiger partial charge is 0.356 e. The van der Waals surface area contributed by atoms with Crippen LogP contribution < -0.4 is 5.32 Å². The number of benzene rings is 3. The van der Waals surface area contributed by atoms with Gasteiger partial charge in [0, 0.05) is 23.4 Å². The maximum atomic E-state index is 3.46. The number of hydrogen-bond donors (Lipinski definition) is 1. The number of rotatable bonds is 8. The summed E-state index contributed by atoms with van der Waals surface area (Å²) in [5, 5.41) is 3.46. The van der Waals surface area contributed by atoms with E-state index in [0.29, 0.717) is 0 Å². The molecule has 0 saturated carbocycles. The van der Waals surface area contributed by atoms with Crippen molar-refractivity contribution in [1.29, 1.82) is 0 Å². The van der Waals surface area contributed by atoms with Gasteiger partial charge in [-0.2, -0.15) is 0 Å². The van der Waals surface area contributed by atoms with Crippen molar-refractivity contribution < 1.29 is 0 Å². The second-order valence-electron chi connectivity index (χ2n) is 7.15. The van der Waals surface area contributed by atoms with Gasteiger partial charge in [-0.25, -0.2) is 0 Å².